The van der Waals surface area contributed by atoms with E-state index in [4.69, 9.17) is 44.8 Å². The van der Waals surface area contributed by atoms with Crippen LogP contribution in [0.3, 0.4) is 0 Å². The lowest BCUT2D eigenvalue weighted by Crippen LogP contribution is -2.68. The first-order chi connectivity index (χ1) is 26.0. The van der Waals surface area contributed by atoms with Crippen LogP contribution in [0.15, 0.2) is 133 Å². The summed E-state index contributed by atoms with van der Waals surface area (Å²) >= 11 is 6.88. The van der Waals surface area contributed by atoms with Crippen LogP contribution in [0, 0.1) is 0 Å². The van der Waals surface area contributed by atoms with Gasteiger partial charge in [0.05, 0.1) is 33.0 Å². The Morgan fingerprint density at radius 3 is 1.79 bits per heavy atom. The van der Waals surface area contributed by atoms with E-state index in [-0.39, 0.29) is 19.8 Å². The first-order valence-corrected chi connectivity index (χ1v) is 18.3. The van der Waals surface area contributed by atoms with Gasteiger partial charge in [0.1, 0.15) is 24.1 Å². The van der Waals surface area contributed by atoms with Crippen molar-refractivity contribution in [1.82, 2.24) is 0 Å². The lowest BCUT2D eigenvalue weighted by Gasteiger charge is -2.50. The van der Waals surface area contributed by atoms with Crippen molar-refractivity contribution in [3.63, 3.8) is 0 Å². The Labute approximate surface area is 316 Å². The molecule has 2 aliphatic heterocycles. The monoisotopic (exact) mass is 736 g/mol. The summed E-state index contributed by atoms with van der Waals surface area (Å²) < 4.78 is 46.2. The normalized spacial score (nSPS) is 25.0. The average Bonchev–Trinajstić information content (AvgIpc) is 3.51. The number of aliphatic hydroxyl groups excluding tert-OH is 1. The fourth-order valence-electron chi connectivity index (χ4n) is 7.24. The van der Waals surface area contributed by atoms with Crippen molar-refractivity contribution in [2.45, 2.75) is 69.2 Å². The van der Waals surface area contributed by atoms with Crippen molar-refractivity contribution in [2.75, 3.05) is 20.3 Å². The van der Waals surface area contributed by atoms with Gasteiger partial charge >= 0.3 is 0 Å². The SMILES string of the molecule is CCOc1ccc(Cc2cc([C@]34O[C@H](OC)[C@](CO)(O3)[C@@H](OCc3ccccc3)[C@H](OCc3ccccc3)[C@H]4OCc3ccccc3)ccc2Cl)cc1. The highest BCUT2D eigenvalue weighted by Crippen LogP contribution is 2.56. The summed E-state index contributed by atoms with van der Waals surface area (Å²) in [6.45, 7) is 2.78. The van der Waals surface area contributed by atoms with Gasteiger partial charge < -0.3 is 38.3 Å². The highest BCUT2D eigenvalue weighted by Gasteiger charge is 2.73. The Kier molecular flexibility index (Phi) is 11.9. The minimum atomic E-state index is -1.59. The van der Waals surface area contributed by atoms with E-state index < -0.39 is 42.6 Å². The van der Waals surface area contributed by atoms with Crippen LogP contribution >= 0.6 is 11.6 Å². The molecule has 8 nitrogen and oxygen atoms in total. The second kappa shape index (κ2) is 16.9. The zero-order valence-electron chi connectivity index (χ0n) is 29.9. The van der Waals surface area contributed by atoms with E-state index in [2.05, 4.69) is 0 Å². The fourth-order valence-corrected chi connectivity index (χ4v) is 7.42. The molecule has 7 rings (SSSR count). The third-order valence-corrected chi connectivity index (χ3v) is 10.2. The fraction of sp³-hybridized carbons (Fsp3) is 0.318. The first-order valence-electron chi connectivity index (χ1n) is 18.0. The van der Waals surface area contributed by atoms with E-state index in [9.17, 15) is 5.11 Å². The summed E-state index contributed by atoms with van der Waals surface area (Å²) in [7, 11) is 1.53. The van der Waals surface area contributed by atoms with Crippen LogP contribution in [0.25, 0.3) is 0 Å². The smallest absolute Gasteiger partial charge is 0.228 e. The topological polar surface area (TPSA) is 84.8 Å². The van der Waals surface area contributed by atoms with Gasteiger partial charge in [0.15, 0.2) is 11.9 Å². The third-order valence-electron chi connectivity index (χ3n) is 9.84. The minimum absolute atomic E-state index is 0.226. The number of hydrogen-bond donors (Lipinski definition) is 1. The maximum atomic E-state index is 11.4. The molecule has 0 saturated carbocycles. The summed E-state index contributed by atoms with van der Waals surface area (Å²) in [5.41, 5.74) is 3.94. The molecule has 53 heavy (non-hydrogen) atoms. The number of aliphatic hydroxyl groups is 1. The summed E-state index contributed by atoms with van der Waals surface area (Å²) in [5, 5.41) is 11.9. The number of benzene rings is 5. The van der Waals surface area contributed by atoms with Crippen molar-refractivity contribution in [1.29, 1.82) is 0 Å². The van der Waals surface area contributed by atoms with Crippen molar-refractivity contribution < 1.29 is 38.3 Å². The number of hydrogen-bond acceptors (Lipinski definition) is 8. The van der Waals surface area contributed by atoms with Gasteiger partial charge in [0.2, 0.25) is 5.79 Å². The molecule has 2 heterocycles. The lowest BCUT2D eigenvalue weighted by atomic mass is 9.82. The quantitative estimate of drug-likeness (QED) is 0.109. The molecule has 0 aromatic heterocycles. The van der Waals surface area contributed by atoms with E-state index >= 15 is 0 Å². The van der Waals surface area contributed by atoms with E-state index in [1.807, 2.05) is 140 Å². The van der Waals surface area contributed by atoms with E-state index in [0.29, 0.717) is 23.6 Å². The summed E-state index contributed by atoms with van der Waals surface area (Å²) in [6, 6.07) is 43.3. The molecule has 9 heteroatoms. The molecule has 0 spiro atoms. The summed E-state index contributed by atoms with van der Waals surface area (Å²) in [5.74, 6) is -0.787. The predicted octanol–water partition coefficient (Wildman–Crippen LogP) is 8.00. The average molecular weight is 737 g/mol. The molecule has 2 saturated heterocycles. The first kappa shape index (κ1) is 37.2. The van der Waals surface area contributed by atoms with Gasteiger partial charge in [0, 0.05) is 17.7 Å². The number of halogens is 1. The van der Waals surface area contributed by atoms with Gasteiger partial charge in [-0.05, 0) is 65.4 Å². The zero-order valence-corrected chi connectivity index (χ0v) is 30.7. The van der Waals surface area contributed by atoms with Crippen LogP contribution in [0.1, 0.15) is 40.3 Å². The molecule has 0 unspecified atom stereocenters. The molecule has 0 radical (unpaired) electrons. The van der Waals surface area contributed by atoms with Crippen molar-refractivity contribution in [3.8, 4) is 5.75 Å². The van der Waals surface area contributed by atoms with Crippen LogP contribution in [-0.2, 0) is 60.4 Å². The number of methoxy groups -OCH3 is 1. The molecule has 2 aliphatic rings. The summed E-state index contributed by atoms with van der Waals surface area (Å²) in [6.07, 6.45) is -3.08. The van der Waals surface area contributed by atoms with Gasteiger partial charge in [-0.3, -0.25) is 0 Å². The van der Waals surface area contributed by atoms with Gasteiger partial charge in [0.25, 0.3) is 0 Å². The van der Waals surface area contributed by atoms with Crippen molar-refractivity contribution >= 4 is 11.6 Å². The molecule has 5 aromatic rings. The van der Waals surface area contributed by atoms with Gasteiger partial charge in [-0.2, -0.15) is 0 Å². The Balaban J connectivity index is 1.33. The maximum Gasteiger partial charge on any atom is 0.228 e. The minimum Gasteiger partial charge on any atom is -0.494 e. The van der Waals surface area contributed by atoms with Gasteiger partial charge in [-0.1, -0.05) is 121 Å². The van der Waals surface area contributed by atoms with Crippen LogP contribution in [0.5, 0.6) is 5.75 Å². The second-order valence-corrected chi connectivity index (χ2v) is 13.7. The predicted molar refractivity (Wildman–Crippen MR) is 201 cm³/mol. The Hall–Kier alpha value is -4.09. The molecule has 2 bridgehead atoms. The van der Waals surface area contributed by atoms with Crippen LogP contribution in [0.2, 0.25) is 5.02 Å². The lowest BCUT2D eigenvalue weighted by molar-refractivity contribution is -0.353. The highest BCUT2D eigenvalue weighted by atomic mass is 35.5. The largest absolute Gasteiger partial charge is 0.494 e. The van der Waals surface area contributed by atoms with E-state index in [1.54, 1.807) is 0 Å². The molecule has 0 aliphatic carbocycles. The molecular weight excluding hydrogens is 692 g/mol. The number of ether oxygens (including phenoxy) is 7. The molecule has 2 fully saturated rings. The van der Waals surface area contributed by atoms with E-state index in [1.165, 1.54) is 7.11 Å². The maximum absolute atomic E-state index is 11.4. The van der Waals surface area contributed by atoms with Gasteiger partial charge in [-0.15, -0.1) is 0 Å². The van der Waals surface area contributed by atoms with Crippen LogP contribution in [-0.4, -0.2) is 55.6 Å². The third kappa shape index (κ3) is 7.92. The van der Waals surface area contributed by atoms with Crippen molar-refractivity contribution in [3.05, 3.63) is 172 Å². The Bertz CT molecular complexity index is 1890. The van der Waals surface area contributed by atoms with Gasteiger partial charge in [-0.25, -0.2) is 0 Å². The van der Waals surface area contributed by atoms with E-state index in [0.717, 1.165) is 33.6 Å². The number of rotatable bonds is 16. The second-order valence-electron chi connectivity index (χ2n) is 13.3. The standard InChI is InChI=1S/C44H45ClO8/c1-3-48-37-22-19-31(20-23-37)25-35-26-36(21-24-38(35)45)44-41(51-29-34-17-11-6-12-18-34)39(49-27-32-13-7-4-8-14-32)40(50-28-33-15-9-5-10-16-33)43(30-46,53-44)42(47-2)52-44/h4-24,26,39-42,46H,3,25,27-30H2,1-2H3/t39-,40-,41+,42-,43+,44-/m0/s1. The molecular formula is C44H45ClO8. The molecule has 5 aromatic carbocycles. The molecule has 276 valence electrons. The Morgan fingerprint density at radius 2 is 1.25 bits per heavy atom. The van der Waals surface area contributed by atoms with Crippen molar-refractivity contribution in [2.24, 2.45) is 0 Å². The molecule has 6 atom stereocenters. The Morgan fingerprint density at radius 1 is 0.679 bits per heavy atom. The van der Waals surface area contributed by atoms with Crippen LogP contribution < -0.4 is 4.74 Å². The highest BCUT2D eigenvalue weighted by molar-refractivity contribution is 6.31. The molecule has 0 amide bonds. The number of fused-ring (bicyclic) bond motifs is 2. The molecule has 1 N–H and O–H groups in total. The summed E-state index contributed by atoms with van der Waals surface area (Å²) in [4.78, 5) is 0. The zero-order chi connectivity index (χ0) is 36.7. The van der Waals surface area contributed by atoms with Crippen LogP contribution in [0.4, 0.5) is 0 Å².